The average Bonchev–Trinajstić information content (AvgIpc) is 2.75. The van der Waals surface area contributed by atoms with Gasteiger partial charge in [-0.15, -0.1) is 0 Å². The molecule has 0 spiro atoms. The highest BCUT2D eigenvalue weighted by atomic mass is 35.5. The van der Waals surface area contributed by atoms with Crippen LogP contribution in [0.5, 0.6) is 5.75 Å². The lowest BCUT2D eigenvalue weighted by atomic mass is 9.82. The third kappa shape index (κ3) is 6.94. The summed E-state index contributed by atoms with van der Waals surface area (Å²) in [5, 5.41) is 11.5. The molecule has 1 aliphatic heterocycles. The number of hydrogen-bond donors (Lipinski definition) is 3. The van der Waals surface area contributed by atoms with E-state index in [1.54, 1.807) is 6.07 Å². The molecule has 1 amide bonds. The molecule has 2 aromatic rings. The van der Waals surface area contributed by atoms with Gasteiger partial charge in [0, 0.05) is 36.1 Å². The molecule has 0 atom stereocenters. The minimum atomic E-state index is -4.87. The van der Waals surface area contributed by atoms with E-state index in [2.05, 4.69) is 9.84 Å². The Morgan fingerprint density at radius 1 is 1.25 bits per heavy atom. The predicted molar refractivity (Wildman–Crippen MR) is 125 cm³/mol. The van der Waals surface area contributed by atoms with Crippen LogP contribution >= 0.6 is 31.0 Å². The van der Waals surface area contributed by atoms with Gasteiger partial charge in [0.05, 0.1) is 17.2 Å². The topological polar surface area (TPSA) is 166 Å². The summed E-state index contributed by atoms with van der Waals surface area (Å²) in [6.45, 7) is -1.52. The average molecular weight is 582 g/mol. The van der Waals surface area contributed by atoms with Crippen LogP contribution in [-0.4, -0.2) is 61.3 Å². The van der Waals surface area contributed by atoms with Gasteiger partial charge in [-0.05, 0) is 30.3 Å². The Labute approximate surface area is 215 Å². The van der Waals surface area contributed by atoms with Crippen molar-refractivity contribution in [2.24, 2.45) is 5.41 Å². The quantitative estimate of drug-likeness (QED) is 0.357. The second-order valence-corrected chi connectivity index (χ2v) is 11.9. The Balaban J connectivity index is 1.75. The number of phosphoric ester groups is 1. The number of nitrogens with one attached hydrogen (secondary N) is 1. The normalized spacial score (nSPS) is 15.6. The summed E-state index contributed by atoms with van der Waals surface area (Å²) in [6.07, 6.45) is 0. The van der Waals surface area contributed by atoms with E-state index in [4.69, 9.17) is 43.0 Å². The molecular formula is C20H19Cl2FN3O8PS. The van der Waals surface area contributed by atoms with Crippen molar-refractivity contribution >= 4 is 47.0 Å². The van der Waals surface area contributed by atoms with Crippen molar-refractivity contribution in [1.82, 2.24) is 9.62 Å². The highest BCUT2D eigenvalue weighted by Crippen LogP contribution is 2.38. The molecule has 0 saturated carbocycles. The van der Waals surface area contributed by atoms with E-state index in [0.29, 0.717) is 0 Å². The van der Waals surface area contributed by atoms with Crippen molar-refractivity contribution in [3.63, 3.8) is 0 Å². The zero-order chi connectivity index (χ0) is 26.7. The van der Waals surface area contributed by atoms with Gasteiger partial charge in [-0.2, -0.15) is 9.57 Å². The van der Waals surface area contributed by atoms with E-state index in [0.717, 1.165) is 10.4 Å². The van der Waals surface area contributed by atoms with Gasteiger partial charge < -0.3 is 19.8 Å². The molecule has 0 aliphatic carbocycles. The first-order chi connectivity index (χ1) is 16.7. The zero-order valence-corrected chi connectivity index (χ0v) is 21.5. The molecule has 3 N–H and O–H groups in total. The Morgan fingerprint density at radius 3 is 2.53 bits per heavy atom. The van der Waals surface area contributed by atoms with Crippen LogP contribution in [0.25, 0.3) is 0 Å². The van der Waals surface area contributed by atoms with Crippen LogP contribution in [0.1, 0.15) is 5.56 Å². The third-order valence-corrected chi connectivity index (χ3v) is 8.14. The fraction of sp³-hybridized carbons (Fsp3) is 0.300. The van der Waals surface area contributed by atoms with Crippen LogP contribution in [0.15, 0.2) is 41.3 Å². The number of benzene rings is 2. The van der Waals surface area contributed by atoms with Crippen molar-refractivity contribution in [3.8, 4) is 11.8 Å². The second-order valence-electron chi connectivity index (χ2n) is 7.93. The summed E-state index contributed by atoms with van der Waals surface area (Å²) in [6, 6.07) is 9.18. The van der Waals surface area contributed by atoms with Crippen LogP contribution in [0.3, 0.4) is 0 Å². The smallest absolute Gasteiger partial charge is 0.470 e. The van der Waals surface area contributed by atoms with Crippen LogP contribution in [-0.2, 0) is 23.9 Å². The van der Waals surface area contributed by atoms with Gasteiger partial charge in [-0.3, -0.25) is 9.32 Å². The van der Waals surface area contributed by atoms with Crippen LogP contribution in [0, 0.1) is 22.6 Å². The number of halogens is 3. The maximum Gasteiger partial charge on any atom is 0.470 e. The number of amides is 1. The van der Waals surface area contributed by atoms with Crippen LogP contribution in [0.4, 0.5) is 4.39 Å². The molecule has 1 fully saturated rings. The highest BCUT2D eigenvalue weighted by Gasteiger charge is 2.49. The first-order valence-corrected chi connectivity index (χ1v) is 13.7. The number of sulfonamides is 1. The lowest BCUT2D eigenvalue weighted by Gasteiger charge is -2.48. The fourth-order valence-electron chi connectivity index (χ4n) is 3.34. The van der Waals surface area contributed by atoms with Gasteiger partial charge in [0.1, 0.15) is 29.1 Å². The molecular weight excluding hydrogens is 563 g/mol. The fourth-order valence-corrected chi connectivity index (χ4v) is 6.04. The molecule has 1 saturated heterocycles. The number of carbonyl (C=O) groups is 1. The van der Waals surface area contributed by atoms with Gasteiger partial charge in [-0.1, -0.05) is 23.2 Å². The van der Waals surface area contributed by atoms with Crippen molar-refractivity contribution in [3.05, 3.63) is 57.8 Å². The molecule has 11 nitrogen and oxygen atoms in total. The molecule has 0 bridgehead atoms. The highest BCUT2D eigenvalue weighted by molar-refractivity contribution is 7.89. The van der Waals surface area contributed by atoms with Crippen molar-refractivity contribution in [2.45, 2.75) is 4.90 Å². The maximum absolute atomic E-state index is 13.9. The summed E-state index contributed by atoms with van der Waals surface area (Å²) in [5.41, 5.74) is -1.18. The lowest BCUT2D eigenvalue weighted by molar-refractivity contribution is -0.124. The molecule has 194 valence electrons. The Kier molecular flexibility index (Phi) is 8.65. The first kappa shape index (κ1) is 28.3. The van der Waals surface area contributed by atoms with Gasteiger partial charge >= 0.3 is 7.82 Å². The SMILES string of the molecule is N#Cc1ccc(OCC2(CNC(=O)COP(=O)(O)O)CN(S(=O)(=O)c3ccc(Cl)cc3Cl)C2)cc1F. The zero-order valence-electron chi connectivity index (χ0n) is 18.2. The largest absolute Gasteiger partial charge is 0.493 e. The molecule has 3 rings (SSSR count). The molecule has 36 heavy (non-hydrogen) atoms. The third-order valence-electron chi connectivity index (χ3n) is 5.17. The molecule has 1 heterocycles. The second kappa shape index (κ2) is 11.0. The number of nitriles is 1. The summed E-state index contributed by atoms with van der Waals surface area (Å²) in [7, 11) is -8.91. The molecule has 16 heteroatoms. The summed E-state index contributed by atoms with van der Waals surface area (Å²) in [4.78, 5) is 29.3. The standard InChI is InChI=1S/C20H19Cl2FN3O8PS/c21-14-2-4-18(16(22)5-14)36(31,32)26-10-20(11-26,9-25-19(27)8-34-35(28,29)30)12-33-15-3-1-13(7-24)17(23)6-15/h1-6H,8-12H2,(H,25,27)(H2,28,29,30). The van der Waals surface area contributed by atoms with E-state index in [-0.39, 0.29) is 52.5 Å². The Hall–Kier alpha value is -2.27. The number of carbonyl (C=O) groups excluding carboxylic acids is 1. The minimum Gasteiger partial charge on any atom is -0.493 e. The van der Waals surface area contributed by atoms with Gasteiger partial charge in [0.15, 0.2) is 0 Å². The van der Waals surface area contributed by atoms with E-state index >= 15 is 0 Å². The van der Waals surface area contributed by atoms with Gasteiger partial charge in [0.25, 0.3) is 0 Å². The van der Waals surface area contributed by atoms with Crippen LogP contribution < -0.4 is 10.1 Å². The predicted octanol–water partition coefficient (Wildman–Crippen LogP) is 2.30. The molecule has 0 unspecified atom stereocenters. The number of hydrogen-bond acceptors (Lipinski definition) is 7. The van der Waals surface area contributed by atoms with E-state index in [1.165, 1.54) is 30.3 Å². The van der Waals surface area contributed by atoms with Crippen molar-refractivity contribution < 1.29 is 41.2 Å². The number of nitrogens with zero attached hydrogens (tertiary/aromatic N) is 2. The summed E-state index contributed by atoms with van der Waals surface area (Å²) < 4.78 is 61.7. The molecule has 0 radical (unpaired) electrons. The molecule has 1 aliphatic rings. The van der Waals surface area contributed by atoms with Crippen LogP contribution in [0.2, 0.25) is 10.0 Å². The Morgan fingerprint density at radius 2 is 1.94 bits per heavy atom. The van der Waals surface area contributed by atoms with Gasteiger partial charge in [-0.25, -0.2) is 17.4 Å². The van der Waals surface area contributed by atoms with Gasteiger partial charge in [0.2, 0.25) is 15.9 Å². The lowest BCUT2D eigenvalue weighted by Crippen LogP contribution is -2.64. The van der Waals surface area contributed by atoms with Crippen molar-refractivity contribution in [1.29, 1.82) is 5.26 Å². The number of phosphoric acid groups is 1. The summed E-state index contributed by atoms with van der Waals surface area (Å²) in [5.74, 6) is -1.59. The maximum atomic E-state index is 13.9. The Bertz CT molecular complexity index is 1360. The van der Waals surface area contributed by atoms with E-state index in [9.17, 15) is 22.2 Å². The van der Waals surface area contributed by atoms with E-state index in [1.807, 2.05) is 0 Å². The van der Waals surface area contributed by atoms with E-state index < -0.39 is 41.6 Å². The first-order valence-electron chi connectivity index (χ1n) is 9.99. The number of rotatable bonds is 10. The minimum absolute atomic E-state index is 0.0732. The monoisotopic (exact) mass is 581 g/mol. The molecule has 2 aromatic carbocycles. The van der Waals surface area contributed by atoms with Crippen molar-refractivity contribution in [2.75, 3.05) is 32.8 Å². The summed E-state index contributed by atoms with van der Waals surface area (Å²) >= 11 is 11.9. The molecule has 0 aromatic heterocycles. The number of ether oxygens (including phenoxy) is 1.